The van der Waals surface area contributed by atoms with Crippen molar-refractivity contribution in [2.75, 3.05) is 11.9 Å². The fourth-order valence-corrected chi connectivity index (χ4v) is 4.76. The van der Waals surface area contributed by atoms with Crippen LogP contribution in [-0.2, 0) is 11.3 Å². The van der Waals surface area contributed by atoms with Gasteiger partial charge in [0, 0.05) is 12.7 Å². The number of anilines is 1. The van der Waals surface area contributed by atoms with Crippen LogP contribution in [0, 0.1) is 19.8 Å². The molecule has 0 unspecified atom stereocenters. The number of fused-ring (bicyclic) bond motifs is 1. The number of pyridine rings is 1. The summed E-state index contributed by atoms with van der Waals surface area (Å²) in [5.41, 5.74) is 3.79. The number of hydrogen-bond acceptors (Lipinski definition) is 6. The highest BCUT2D eigenvalue weighted by molar-refractivity contribution is 8.26. The molecule has 4 rings (SSSR count). The lowest BCUT2D eigenvalue weighted by Crippen LogP contribution is -2.27. The molecule has 0 aliphatic carbocycles. The Labute approximate surface area is 202 Å². The highest BCUT2D eigenvalue weighted by Gasteiger charge is 2.32. The van der Waals surface area contributed by atoms with Gasteiger partial charge in [-0.15, -0.1) is 0 Å². The first-order valence-corrected chi connectivity index (χ1v) is 12.0. The largest absolute Gasteiger partial charge is 0.369 e. The van der Waals surface area contributed by atoms with Crippen LogP contribution in [0.5, 0.6) is 0 Å². The van der Waals surface area contributed by atoms with E-state index in [0.717, 1.165) is 16.7 Å². The third-order valence-corrected chi connectivity index (χ3v) is 6.75. The predicted octanol–water partition coefficient (Wildman–Crippen LogP) is 4.78. The average Bonchev–Trinajstić information content (AvgIpc) is 3.04. The van der Waals surface area contributed by atoms with Gasteiger partial charge in [-0.05, 0) is 43.0 Å². The minimum Gasteiger partial charge on any atom is -0.369 e. The first-order chi connectivity index (χ1) is 15.7. The zero-order valence-electron chi connectivity index (χ0n) is 19.1. The van der Waals surface area contributed by atoms with Crippen LogP contribution in [0.25, 0.3) is 11.7 Å². The van der Waals surface area contributed by atoms with Crippen LogP contribution in [0.4, 0.5) is 5.82 Å². The van der Waals surface area contributed by atoms with E-state index in [2.05, 4.69) is 19.2 Å². The van der Waals surface area contributed by atoms with Gasteiger partial charge in [0.25, 0.3) is 11.5 Å². The molecule has 1 aromatic carbocycles. The Kier molecular flexibility index (Phi) is 6.67. The molecule has 2 aromatic heterocycles. The molecule has 1 fully saturated rings. The topological polar surface area (TPSA) is 66.7 Å². The first-order valence-electron chi connectivity index (χ1n) is 10.8. The normalized spacial score (nSPS) is 15.3. The number of aryl methyl sites for hydroxylation is 2. The van der Waals surface area contributed by atoms with Crippen LogP contribution in [0.3, 0.4) is 0 Å². The number of aromatic nitrogens is 2. The van der Waals surface area contributed by atoms with E-state index in [0.29, 0.717) is 45.3 Å². The van der Waals surface area contributed by atoms with Gasteiger partial charge < -0.3 is 5.32 Å². The van der Waals surface area contributed by atoms with Crippen LogP contribution in [0.15, 0.2) is 52.3 Å². The van der Waals surface area contributed by atoms with Gasteiger partial charge in [-0.3, -0.25) is 18.9 Å². The van der Waals surface area contributed by atoms with Crippen molar-refractivity contribution >= 4 is 51.7 Å². The minimum absolute atomic E-state index is 0.200. The van der Waals surface area contributed by atoms with Crippen LogP contribution in [-0.4, -0.2) is 31.1 Å². The highest BCUT2D eigenvalue weighted by atomic mass is 32.2. The molecule has 0 spiro atoms. The molecule has 33 heavy (non-hydrogen) atoms. The van der Waals surface area contributed by atoms with E-state index in [1.54, 1.807) is 17.2 Å². The smallest absolute Gasteiger partial charge is 0.267 e. The molecule has 0 bridgehead atoms. The molecule has 8 heteroatoms. The molecular formula is C25H26N4O2S2. The van der Waals surface area contributed by atoms with Crippen molar-refractivity contribution in [1.82, 2.24) is 14.3 Å². The van der Waals surface area contributed by atoms with Crippen molar-refractivity contribution in [3.05, 3.63) is 80.1 Å². The number of carbonyl (C=O) groups excluding carboxylic acids is 1. The zero-order valence-corrected chi connectivity index (χ0v) is 20.7. The van der Waals surface area contributed by atoms with Gasteiger partial charge in [0.15, 0.2) is 0 Å². The maximum atomic E-state index is 13.4. The monoisotopic (exact) mass is 478 g/mol. The molecule has 1 aliphatic heterocycles. The second-order valence-corrected chi connectivity index (χ2v) is 10.3. The number of rotatable bonds is 6. The quantitative estimate of drug-likeness (QED) is 0.406. The molecule has 3 aromatic rings. The van der Waals surface area contributed by atoms with Crippen LogP contribution in [0.1, 0.15) is 36.1 Å². The van der Waals surface area contributed by atoms with Gasteiger partial charge in [0.1, 0.15) is 15.8 Å². The number of hydrogen-bond donors (Lipinski definition) is 1. The molecule has 0 saturated carbocycles. The lowest BCUT2D eigenvalue weighted by atomic mass is 10.1. The van der Waals surface area contributed by atoms with E-state index in [-0.39, 0.29) is 11.5 Å². The summed E-state index contributed by atoms with van der Waals surface area (Å²) in [6.45, 7) is 9.17. The molecule has 1 saturated heterocycles. The second kappa shape index (κ2) is 9.49. The van der Waals surface area contributed by atoms with Crippen molar-refractivity contribution in [3.8, 4) is 0 Å². The van der Waals surface area contributed by atoms with Crippen molar-refractivity contribution in [3.63, 3.8) is 0 Å². The lowest BCUT2D eigenvalue weighted by Gasteiger charge is -2.15. The second-order valence-electron chi connectivity index (χ2n) is 8.59. The van der Waals surface area contributed by atoms with Gasteiger partial charge in [-0.1, -0.05) is 73.7 Å². The molecule has 1 amide bonds. The van der Waals surface area contributed by atoms with E-state index >= 15 is 0 Å². The summed E-state index contributed by atoms with van der Waals surface area (Å²) in [5.74, 6) is 0.642. The molecule has 0 atom stereocenters. The average molecular weight is 479 g/mol. The Morgan fingerprint density at radius 3 is 2.58 bits per heavy atom. The number of thioether (sulfide) groups is 1. The van der Waals surface area contributed by atoms with Crippen LogP contribution < -0.4 is 10.9 Å². The number of nitrogens with one attached hydrogen (secondary N) is 1. The van der Waals surface area contributed by atoms with Crippen molar-refractivity contribution in [2.45, 2.75) is 34.2 Å². The van der Waals surface area contributed by atoms with Crippen molar-refractivity contribution < 1.29 is 4.79 Å². The summed E-state index contributed by atoms with van der Waals surface area (Å²) in [6, 6.07) is 11.8. The standard InChI is InChI=1S/C25H26N4O2S2/c1-15(2)13-26-21-19(23(30)28-11-5-6-17(4)22(28)27-21)12-20-24(31)29(25(32)33-20)14-18-9-7-16(3)8-10-18/h5-12,15,26H,13-14H2,1-4H3/b20-12-. The molecule has 1 aliphatic rings. The van der Waals surface area contributed by atoms with E-state index < -0.39 is 0 Å². The fourth-order valence-electron chi connectivity index (χ4n) is 3.52. The Morgan fingerprint density at radius 2 is 1.88 bits per heavy atom. The van der Waals surface area contributed by atoms with Crippen LogP contribution in [0.2, 0.25) is 0 Å². The van der Waals surface area contributed by atoms with Gasteiger partial charge in [-0.2, -0.15) is 0 Å². The Bertz CT molecular complexity index is 1330. The number of benzene rings is 1. The minimum atomic E-state index is -0.223. The maximum absolute atomic E-state index is 13.4. The van der Waals surface area contributed by atoms with Crippen molar-refractivity contribution in [2.24, 2.45) is 5.92 Å². The number of carbonyl (C=O) groups is 1. The molecular weight excluding hydrogens is 452 g/mol. The van der Waals surface area contributed by atoms with E-state index in [4.69, 9.17) is 17.2 Å². The predicted molar refractivity (Wildman–Crippen MR) is 139 cm³/mol. The van der Waals surface area contributed by atoms with E-state index in [1.165, 1.54) is 16.2 Å². The molecule has 6 nitrogen and oxygen atoms in total. The SMILES string of the molecule is Cc1ccc(CN2C(=O)/C(=C/c3c(NCC(C)C)nc4c(C)cccn4c3=O)SC2=S)cc1. The molecule has 0 radical (unpaired) electrons. The zero-order chi connectivity index (χ0) is 23.7. The summed E-state index contributed by atoms with van der Waals surface area (Å²) in [6.07, 6.45) is 3.32. The van der Waals surface area contributed by atoms with E-state index in [9.17, 15) is 9.59 Å². The van der Waals surface area contributed by atoms with Gasteiger partial charge in [0.2, 0.25) is 0 Å². The fraction of sp³-hybridized carbons (Fsp3) is 0.280. The third-order valence-electron chi connectivity index (χ3n) is 5.37. The van der Waals surface area contributed by atoms with Gasteiger partial charge in [-0.25, -0.2) is 4.98 Å². The molecule has 1 N–H and O–H groups in total. The molecule has 3 heterocycles. The first kappa shape index (κ1) is 23.2. The Hall–Kier alpha value is -2.97. The summed E-state index contributed by atoms with van der Waals surface area (Å²) in [4.78, 5) is 33.3. The highest BCUT2D eigenvalue weighted by Crippen LogP contribution is 2.34. The number of thiocarbonyl (C=S) groups is 1. The summed E-state index contributed by atoms with van der Waals surface area (Å²) in [5, 5.41) is 3.29. The van der Waals surface area contributed by atoms with E-state index in [1.807, 2.05) is 50.2 Å². The van der Waals surface area contributed by atoms with Gasteiger partial charge in [0.05, 0.1) is 17.0 Å². The number of nitrogens with zero attached hydrogens (tertiary/aromatic N) is 3. The Balaban J connectivity index is 1.74. The maximum Gasteiger partial charge on any atom is 0.267 e. The summed E-state index contributed by atoms with van der Waals surface area (Å²) < 4.78 is 2.00. The lowest BCUT2D eigenvalue weighted by molar-refractivity contribution is -0.122. The number of amides is 1. The summed E-state index contributed by atoms with van der Waals surface area (Å²) >= 11 is 6.71. The van der Waals surface area contributed by atoms with Gasteiger partial charge >= 0.3 is 0 Å². The Morgan fingerprint density at radius 1 is 1.15 bits per heavy atom. The summed E-state index contributed by atoms with van der Waals surface area (Å²) in [7, 11) is 0. The molecule has 170 valence electrons. The van der Waals surface area contributed by atoms with Crippen molar-refractivity contribution in [1.29, 1.82) is 0 Å². The van der Waals surface area contributed by atoms with Crippen LogP contribution >= 0.6 is 24.0 Å². The third kappa shape index (κ3) is 4.86.